The molecule has 1 heterocycles. The zero-order valence-electron chi connectivity index (χ0n) is 12.4. The Hall–Kier alpha value is -3.15. The highest BCUT2D eigenvalue weighted by molar-refractivity contribution is 6.06. The van der Waals surface area contributed by atoms with Crippen LogP contribution in [-0.4, -0.2) is 15.9 Å². The summed E-state index contributed by atoms with van der Waals surface area (Å²) in [5, 5.41) is 11.4. The number of esters is 1. The normalized spacial score (nSPS) is 10.7. The van der Waals surface area contributed by atoms with E-state index in [0.29, 0.717) is 22.2 Å². The molecule has 0 spiro atoms. The van der Waals surface area contributed by atoms with Crippen LogP contribution in [0.5, 0.6) is 0 Å². The molecule has 3 rings (SSSR count). The lowest BCUT2D eigenvalue weighted by Crippen LogP contribution is -2.06. The van der Waals surface area contributed by atoms with Gasteiger partial charge in [0.25, 0.3) is 5.69 Å². The Morgan fingerprint density at radius 1 is 1.22 bits per heavy atom. The number of nitrogens with zero attached hydrogens (tertiary/aromatic N) is 1. The van der Waals surface area contributed by atoms with Crippen LogP contribution in [0.2, 0.25) is 0 Å². The van der Waals surface area contributed by atoms with Crippen LogP contribution in [0.1, 0.15) is 21.6 Å². The lowest BCUT2D eigenvalue weighted by atomic mass is 10.1. The quantitative estimate of drug-likeness (QED) is 0.452. The highest BCUT2D eigenvalue weighted by Gasteiger charge is 2.19. The molecule has 23 heavy (non-hydrogen) atoms. The van der Waals surface area contributed by atoms with Crippen LogP contribution in [0.3, 0.4) is 0 Å². The SMILES string of the molecule is Cc1[nH]c2ccc([N+](=O)[O-])cc2c1C(=O)OCc1ccccc1. The van der Waals surface area contributed by atoms with Crippen molar-refractivity contribution in [1.82, 2.24) is 4.98 Å². The largest absolute Gasteiger partial charge is 0.457 e. The van der Waals surface area contributed by atoms with E-state index in [4.69, 9.17) is 4.74 Å². The molecular formula is C17H14N2O4. The predicted octanol–water partition coefficient (Wildman–Crippen LogP) is 3.74. The number of nitro groups is 1. The van der Waals surface area contributed by atoms with E-state index in [1.165, 1.54) is 12.1 Å². The predicted molar refractivity (Wildman–Crippen MR) is 85.3 cm³/mol. The molecular weight excluding hydrogens is 296 g/mol. The summed E-state index contributed by atoms with van der Waals surface area (Å²) in [5.41, 5.74) is 2.44. The van der Waals surface area contributed by atoms with Crippen LogP contribution in [0.15, 0.2) is 48.5 Å². The molecule has 3 aromatic rings. The number of aromatic amines is 1. The Balaban J connectivity index is 1.91. The first-order chi connectivity index (χ1) is 11.1. The number of aromatic nitrogens is 1. The average molecular weight is 310 g/mol. The summed E-state index contributed by atoms with van der Waals surface area (Å²) in [7, 11) is 0. The smallest absolute Gasteiger partial charge is 0.340 e. The van der Waals surface area contributed by atoms with Gasteiger partial charge in [0.05, 0.1) is 10.5 Å². The molecule has 0 aliphatic heterocycles. The number of H-pyrrole nitrogens is 1. The number of hydrogen-bond acceptors (Lipinski definition) is 4. The maximum atomic E-state index is 12.4. The fourth-order valence-electron chi connectivity index (χ4n) is 2.49. The lowest BCUT2D eigenvalue weighted by Gasteiger charge is -2.05. The zero-order chi connectivity index (χ0) is 16.4. The highest BCUT2D eigenvalue weighted by Crippen LogP contribution is 2.27. The van der Waals surface area contributed by atoms with Gasteiger partial charge in [-0.05, 0) is 18.6 Å². The summed E-state index contributed by atoms with van der Waals surface area (Å²) in [4.78, 5) is 25.9. The van der Waals surface area contributed by atoms with Crippen LogP contribution >= 0.6 is 0 Å². The summed E-state index contributed by atoms with van der Waals surface area (Å²) >= 11 is 0. The van der Waals surface area contributed by atoms with Gasteiger partial charge in [0.1, 0.15) is 6.61 Å². The van der Waals surface area contributed by atoms with E-state index in [-0.39, 0.29) is 12.3 Å². The molecule has 1 N–H and O–H groups in total. The summed E-state index contributed by atoms with van der Waals surface area (Å²) in [6.07, 6.45) is 0. The van der Waals surface area contributed by atoms with Gasteiger partial charge in [-0.25, -0.2) is 4.79 Å². The first kappa shape index (κ1) is 14.8. The van der Waals surface area contributed by atoms with Crippen molar-refractivity contribution < 1.29 is 14.5 Å². The van der Waals surface area contributed by atoms with Crippen LogP contribution in [0, 0.1) is 17.0 Å². The van der Waals surface area contributed by atoms with Crippen molar-refractivity contribution in [2.75, 3.05) is 0 Å². The van der Waals surface area contributed by atoms with Crippen molar-refractivity contribution in [2.24, 2.45) is 0 Å². The zero-order valence-corrected chi connectivity index (χ0v) is 12.4. The Kier molecular flexibility index (Phi) is 3.80. The highest BCUT2D eigenvalue weighted by atomic mass is 16.6. The summed E-state index contributed by atoms with van der Waals surface area (Å²) in [6, 6.07) is 13.7. The molecule has 0 aliphatic rings. The van der Waals surface area contributed by atoms with Crippen molar-refractivity contribution in [3.63, 3.8) is 0 Å². The van der Waals surface area contributed by atoms with Crippen LogP contribution in [0.25, 0.3) is 10.9 Å². The number of fused-ring (bicyclic) bond motifs is 1. The molecule has 0 bridgehead atoms. The maximum Gasteiger partial charge on any atom is 0.340 e. The minimum atomic E-state index is -0.502. The number of aryl methyl sites for hydroxylation is 1. The second-order valence-corrected chi connectivity index (χ2v) is 5.17. The number of carbonyl (C=O) groups excluding carboxylic acids is 1. The molecule has 0 radical (unpaired) electrons. The third-order valence-electron chi connectivity index (χ3n) is 3.60. The first-order valence-electron chi connectivity index (χ1n) is 7.04. The van der Waals surface area contributed by atoms with E-state index in [1.807, 2.05) is 30.3 Å². The van der Waals surface area contributed by atoms with Crippen LogP contribution < -0.4 is 0 Å². The molecule has 2 aromatic carbocycles. The molecule has 0 fully saturated rings. The molecule has 6 nitrogen and oxygen atoms in total. The molecule has 6 heteroatoms. The minimum absolute atomic E-state index is 0.0615. The number of hydrogen-bond donors (Lipinski definition) is 1. The summed E-state index contributed by atoms with van der Waals surface area (Å²) in [6.45, 7) is 1.89. The van der Waals surface area contributed by atoms with E-state index in [2.05, 4.69) is 4.98 Å². The Morgan fingerprint density at radius 2 is 1.96 bits per heavy atom. The number of non-ortho nitro benzene ring substituents is 1. The van der Waals surface area contributed by atoms with Gasteiger partial charge in [-0.3, -0.25) is 10.1 Å². The Morgan fingerprint density at radius 3 is 2.65 bits per heavy atom. The van der Waals surface area contributed by atoms with Crippen molar-refractivity contribution >= 4 is 22.6 Å². The second-order valence-electron chi connectivity index (χ2n) is 5.17. The first-order valence-corrected chi connectivity index (χ1v) is 7.04. The summed E-state index contributed by atoms with van der Waals surface area (Å²) < 4.78 is 5.33. The van der Waals surface area contributed by atoms with Crippen molar-refractivity contribution in [3.05, 3.63) is 75.5 Å². The van der Waals surface area contributed by atoms with Gasteiger partial charge in [0, 0.05) is 28.7 Å². The van der Waals surface area contributed by atoms with E-state index >= 15 is 0 Å². The van der Waals surface area contributed by atoms with E-state index in [9.17, 15) is 14.9 Å². The molecule has 0 amide bonds. The lowest BCUT2D eigenvalue weighted by molar-refractivity contribution is -0.384. The Bertz CT molecular complexity index is 884. The van der Waals surface area contributed by atoms with Crippen molar-refractivity contribution in [3.8, 4) is 0 Å². The van der Waals surface area contributed by atoms with E-state index in [1.54, 1.807) is 13.0 Å². The monoisotopic (exact) mass is 310 g/mol. The molecule has 0 unspecified atom stereocenters. The van der Waals surface area contributed by atoms with Gasteiger partial charge in [0.2, 0.25) is 0 Å². The van der Waals surface area contributed by atoms with Gasteiger partial charge >= 0.3 is 5.97 Å². The molecule has 116 valence electrons. The fourth-order valence-corrected chi connectivity index (χ4v) is 2.49. The van der Waals surface area contributed by atoms with Gasteiger partial charge in [-0.2, -0.15) is 0 Å². The number of ether oxygens (including phenoxy) is 1. The number of benzene rings is 2. The third-order valence-corrected chi connectivity index (χ3v) is 3.60. The molecule has 1 aromatic heterocycles. The number of carbonyl (C=O) groups is 1. The van der Waals surface area contributed by atoms with Gasteiger partial charge in [-0.1, -0.05) is 30.3 Å². The van der Waals surface area contributed by atoms with Crippen molar-refractivity contribution in [1.29, 1.82) is 0 Å². The fraction of sp³-hybridized carbons (Fsp3) is 0.118. The van der Waals surface area contributed by atoms with E-state index in [0.717, 1.165) is 5.56 Å². The van der Waals surface area contributed by atoms with Gasteiger partial charge in [-0.15, -0.1) is 0 Å². The minimum Gasteiger partial charge on any atom is -0.457 e. The Labute approximate surface area is 131 Å². The standard InChI is InChI=1S/C17H14N2O4/c1-11-16(17(20)23-10-12-5-3-2-4-6-12)14-9-13(19(21)22)7-8-15(14)18-11/h2-9,18H,10H2,1H3. The van der Waals surface area contributed by atoms with E-state index < -0.39 is 10.9 Å². The maximum absolute atomic E-state index is 12.4. The molecule has 0 saturated carbocycles. The number of nitro benzene ring substituents is 1. The molecule has 0 saturated heterocycles. The van der Waals surface area contributed by atoms with Crippen molar-refractivity contribution in [2.45, 2.75) is 13.5 Å². The average Bonchev–Trinajstić information content (AvgIpc) is 2.88. The van der Waals surface area contributed by atoms with Crippen LogP contribution in [0.4, 0.5) is 5.69 Å². The molecule has 0 atom stereocenters. The van der Waals surface area contributed by atoms with Crippen LogP contribution in [-0.2, 0) is 11.3 Å². The molecule has 0 aliphatic carbocycles. The number of nitrogens with one attached hydrogen (secondary N) is 1. The van der Waals surface area contributed by atoms with Gasteiger partial charge < -0.3 is 9.72 Å². The van der Waals surface area contributed by atoms with Gasteiger partial charge in [0.15, 0.2) is 0 Å². The number of rotatable bonds is 4. The topological polar surface area (TPSA) is 85.2 Å². The third kappa shape index (κ3) is 2.91. The second kappa shape index (κ2) is 5.92. The summed E-state index contributed by atoms with van der Waals surface area (Å²) in [5.74, 6) is -0.502.